The average molecular weight is 390 g/mol. The second-order valence-electron chi connectivity index (χ2n) is 4.70. The molecule has 7 heteroatoms. The zero-order valence-corrected chi connectivity index (χ0v) is 14.6. The Morgan fingerprint density at radius 2 is 1.71 bits per heavy atom. The van der Waals surface area contributed by atoms with Crippen LogP contribution in [0.15, 0.2) is 39.7 Å². The van der Waals surface area contributed by atoms with Gasteiger partial charge in [0.15, 0.2) is 0 Å². The molecule has 0 aliphatic heterocycles. The van der Waals surface area contributed by atoms with Crippen molar-refractivity contribution in [2.24, 2.45) is 0 Å². The first-order chi connectivity index (χ1) is 9.70. The van der Waals surface area contributed by atoms with Gasteiger partial charge in [0.05, 0.1) is 11.4 Å². The molecule has 3 N–H and O–H groups in total. The molecule has 0 saturated carbocycles. The van der Waals surface area contributed by atoms with Crippen molar-refractivity contribution in [2.75, 3.05) is 10.5 Å². The SMILES string of the molecule is Cc1cc(Br)cc(C)c1NS(=O)(=O)c1ccc(Cl)cc1N. The van der Waals surface area contributed by atoms with Gasteiger partial charge in [0.1, 0.15) is 4.90 Å². The van der Waals surface area contributed by atoms with Crippen molar-refractivity contribution in [3.63, 3.8) is 0 Å². The monoisotopic (exact) mass is 388 g/mol. The van der Waals surface area contributed by atoms with E-state index in [1.165, 1.54) is 18.2 Å². The third-order valence-corrected chi connectivity index (χ3v) is 5.11. The molecule has 0 aliphatic rings. The Bertz CT molecular complexity index is 784. The number of nitrogens with two attached hydrogens (primary N) is 1. The van der Waals surface area contributed by atoms with Gasteiger partial charge in [0.2, 0.25) is 0 Å². The molecule has 2 aromatic carbocycles. The van der Waals surface area contributed by atoms with Crippen molar-refractivity contribution < 1.29 is 8.42 Å². The molecule has 0 fully saturated rings. The van der Waals surface area contributed by atoms with Crippen molar-refractivity contribution in [3.8, 4) is 0 Å². The minimum atomic E-state index is -3.77. The highest BCUT2D eigenvalue weighted by Gasteiger charge is 2.19. The number of hydrogen-bond acceptors (Lipinski definition) is 3. The van der Waals surface area contributed by atoms with Crippen LogP contribution in [-0.2, 0) is 10.0 Å². The Hall–Kier alpha value is -1.24. The van der Waals surface area contributed by atoms with Gasteiger partial charge in [-0.2, -0.15) is 0 Å². The van der Waals surface area contributed by atoms with E-state index in [1.54, 1.807) is 0 Å². The van der Waals surface area contributed by atoms with Gasteiger partial charge in [0.25, 0.3) is 10.0 Å². The van der Waals surface area contributed by atoms with Crippen molar-refractivity contribution in [1.29, 1.82) is 0 Å². The van der Waals surface area contributed by atoms with E-state index in [-0.39, 0.29) is 10.6 Å². The van der Waals surface area contributed by atoms with Gasteiger partial charge in [-0.15, -0.1) is 0 Å². The van der Waals surface area contributed by atoms with E-state index < -0.39 is 10.0 Å². The van der Waals surface area contributed by atoms with Crippen molar-refractivity contribution in [3.05, 3.63) is 51.0 Å². The van der Waals surface area contributed by atoms with Gasteiger partial charge >= 0.3 is 0 Å². The van der Waals surface area contributed by atoms with Gasteiger partial charge in [-0.05, 0) is 55.3 Å². The first kappa shape index (κ1) is 16.1. The predicted molar refractivity (Wildman–Crippen MR) is 90.3 cm³/mol. The van der Waals surface area contributed by atoms with Crippen LogP contribution in [0.3, 0.4) is 0 Å². The summed E-state index contributed by atoms with van der Waals surface area (Å²) < 4.78 is 28.4. The summed E-state index contributed by atoms with van der Waals surface area (Å²) in [7, 11) is -3.77. The van der Waals surface area contributed by atoms with Gasteiger partial charge in [-0.25, -0.2) is 8.42 Å². The summed E-state index contributed by atoms with van der Waals surface area (Å²) in [6.07, 6.45) is 0. The van der Waals surface area contributed by atoms with E-state index in [4.69, 9.17) is 17.3 Å². The molecule has 0 aromatic heterocycles. The summed E-state index contributed by atoms with van der Waals surface area (Å²) in [6, 6.07) is 7.99. The van der Waals surface area contributed by atoms with Gasteiger partial charge in [-0.1, -0.05) is 27.5 Å². The number of hydrogen-bond donors (Lipinski definition) is 2. The molecule has 0 atom stereocenters. The Balaban J connectivity index is 2.47. The van der Waals surface area contributed by atoms with Crippen molar-refractivity contribution >= 4 is 48.9 Å². The van der Waals surface area contributed by atoms with Crippen molar-refractivity contribution in [1.82, 2.24) is 0 Å². The van der Waals surface area contributed by atoms with Gasteiger partial charge in [-0.3, -0.25) is 4.72 Å². The highest BCUT2D eigenvalue weighted by atomic mass is 79.9. The molecular weight excluding hydrogens is 376 g/mol. The van der Waals surface area contributed by atoms with Crippen LogP contribution in [0.5, 0.6) is 0 Å². The lowest BCUT2D eigenvalue weighted by Gasteiger charge is -2.15. The molecule has 0 spiro atoms. The highest BCUT2D eigenvalue weighted by molar-refractivity contribution is 9.10. The van der Waals surface area contributed by atoms with Gasteiger partial charge < -0.3 is 5.73 Å². The number of aryl methyl sites for hydroxylation is 2. The van der Waals surface area contributed by atoms with Gasteiger partial charge in [0, 0.05) is 9.50 Å². The molecule has 21 heavy (non-hydrogen) atoms. The number of halogens is 2. The maximum Gasteiger partial charge on any atom is 0.263 e. The fraction of sp³-hybridized carbons (Fsp3) is 0.143. The third-order valence-electron chi connectivity index (χ3n) is 3.00. The standard InChI is InChI=1S/C14H14BrClN2O2S/c1-8-5-10(15)6-9(2)14(8)18-21(19,20)13-4-3-11(16)7-12(13)17/h3-7,18H,17H2,1-2H3. The molecule has 2 aromatic rings. The van der Waals surface area contributed by atoms with Crippen LogP contribution in [0.25, 0.3) is 0 Å². The van der Waals surface area contributed by atoms with Crippen LogP contribution in [0.1, 0.15) is 11.1 Å². The Morgan fingerprint density at radius 3 is 2.24 bits per heavy atom. The molecule has 0 bridgehead atoms. The fourth-order valence-electron chi connectivity index (χ4n) is 2.03. The Labute approximate surface area is 137 Å². The first-order valence-electron chi connectivity index (χ1n) is 6.05. The number of anilines is 2. The quantitative estimate of drug-likeness (QED) is 0.776. The maximum absolute atomic E-state index is 12.5. The summed E-state index contributed by atoms with van der Waals surface area (Å²) >= 11 is 9.17. The predicted octanol–water partition coefficient (Wildman–Crippen LogP) is 4.10. The van der Waals surface area contributed by atoms with E-state index in [0.29, 0.717) is 10.7 Å². The van der Waals surface area contributed by atoms with Crippen LogP contribution in [0, 0.1) is 13.8 Å². The van der Waals surface area contributed by atoms with E-state index in [9.17, 15) is 8.42 Å². The summed E-state index contributed by atoms with van der Waals surface area (Å²) in [4.78, 5) is 0.00798. The molecule has 2 rings (SSSR count). The maximum atomic E-state index is 12.5. The lowest BCUT2D eigenvalue weighted by molar-refractivity contribution is 0.601. The lowest BCUT2D eigenvalue weighted by atomic mass is 10.1. The second kappa shape index (κ2) is 5.87. The summed E-state index contributed by atoms with van der Waals surface area (Å²) in [5.74, 6) is 0. The highest BCUT2D eigenvalue weighted by Crippen LogP contribution is 2.29. The largest absolute Gasteiger partial charge is 0.398 e. The van der Waals surface area contributed by atoms with E-state index in [2.05, 4.69) is 20.7 Å². The zero-order chi connectivity index (χ0) is 15.8. The Kier molecular flexibility index (Phi) is 4.51. The minimum absolute atomic E-state index is 0.00798. The summed E-state index contributed by atoms with van der Waals surface area (Å²) in [6.45, 7) is 3.67. The molecule has 0 aliphatic carbocycles. The van der Waals surface area contributed by atoms with Crippen LogP contribution < -0.4 is 10.5 Å². The molecule has 0 heterocycles. The number of benzene rings is 2. The van der Waals surface area contributed by atoms with Crippen LogP contribution in [0.2, 0.25) is 5.02 Å². The number of nitrogen functional groups attached to an aromatic ring is 1. The summed E-state index contributed by atoms with van der Waals surface area (Å²) in [5, 5.41) is 0.391. The molecule has 0 unspecified atom stereocenters. The number of rotatable bonds is 3. The topological polar surface area (TPSA) is 72.2 Å². The van der Waals surface area contributed by atoms with Crippen LogP contribution >= 0.6 is 27.5 Å². The molecule has 0 saturated heterocycles. The Morgan fingerprint density at radius 1 is 1.14 bits per heavy atom. The molecular formula is C14H14BrClN2O2S. The van der Waals surface area contributed by atoms with E-state index >= 15 is 0 Å². The first-order valence-corrected chi connectivity index (χ1v) is 8.71. The third kappa shape index (κ3) is 3.51. The smallest absolute Gasteiger partial charge is 0.263 e. The zero-order valence-electron chi connectivity index (χ0n) is 11.4. The lowest BCUT2D eigenvalue weighted by Crippen LogP contribution is -2.16. The molecule has 0 amide bonds. The van der Waals surface area contributed by atoms with Crippen LogP contribution in [-0.4, -0.2) is 8.42 Å². The molecule has 112 valence electrons. The summed E-state index contributed by atoms with van der Waals surface area (Å²) in [5.41, 5.74) is 8.05. The van der Waals surface area contributed by atoms with Crippen LogP contribution in [0.4, 0.5) is 11.4 Å². The number of nitrogens with one attached hydrogen (secondary N) is 1. The van der Waals surface area contributed by atoms with E-state index in [1.807, 2.05) is 26.0 Å². The normalized spacial score (nSPS) is 11.4. The minimum Gasteiger partial charge on any atom is -0.398 e. The fourth-order valence-corrected chi connectivity index (χ4v) is 4.21. The molecule has 4 nitrogen and oxygen atoms in total. The van der Waals surface area contributed by atoms with Crippen molar-refractivity contribution in [2.45, 2.75) is 18.7 Å². The van der Waals surface area contributed by atoms with E-state index in [0.717, 1.165) is 15.6 Å². The second-order valence-corrected chi connectivity index (χ2v) is 7.71. The average Bonchev–Trinajstić information content (AvgIpc) is 2.33. The molecule has 0 radical (unpaired) electrons. The number of sulfonamides is 1.